The summed E-state index contributed by atoms with van der Waals surface area (Å²) >= 11 is 0. The lowest BCUT2D eigenvalue weighted by atomic mass is 10.1. The number of aromatic amines is 1. The molecule has 13 heavy (non-hydrogen) atoms. The highest BCUT2D eigenvalue weighted by molar-refractivity contribution is 5.52. The molecule has 2 aromatic rings. The molecule has 1 N–H and O–H groups in total. The molecule has 2 heterocycles. The van der Waals surface area contributed by atoms with Gasteiger partial charge < -0.3 is 0 Å². The zero-order valence-electron chi connectivity index (χ0n) is 7.36. The topological polar surface area (TPSA) is 54.5 Å². The Morgan fingerprint density at radius 1 is 1.38 bits per heavy atom. The highest BCUT2D eigenvalue weighted by Gasteiger charge is 2.01. The van der Waals surface area contributed by atoms with Crippen LogP contribution in [0.15, 0.2) is 24.5 Å². The Bertz CT molecular complexity index is 380. The van der Waals surface area contributed by atoms with Crippen LogP contribution in [0.1, 0.15) is 12.5 Å². The second-order valence-corrected chi connectivity index (χ2v) is 2.76. The van der Waals surface area contributed by atoms with Gasteiger partial charge in [-0.3, -0.25) is 10.1 Å². The van der Waals surface area contributed by atoms with Crippen LogP contribution in [0.3, 0.4) is 0 Å². The zero-order chi connectivity index (χ0) is 9.10. The average molecular weight is 174 g/mol. The zero-order valence-corrected chi connectivity index (χ0v) is 7.36. The molecule has 0 aliphatic heterocycles. The maximum Gasteiger partial charge on any atom is 0.131 e. The van der Waals surface area contributed by atoms with E-state index in [0.717, 1.165) is 17.8 Å². The molecule has 0 saturated heterocycles. The average Bonchev–Trinajstić information content (AvgIpc) is 2.71. The number of nitrogens with one attached hydrogen (secondary N) is 1. The predicted octanol–water partition coefficient (Wildman–Crippen LogP) is 1.43. The summed E-state index contributed by atoms with van der Waals surface area (Å²) in [6.07, 6.45) is 4.54. The van der Waals surface area contributed by atoms with Crippen LogP contribution in [0.4, 0.5) is 0 Å². The van der Waals surface area contributed by atoms with Crippen LogP contribution >= 0.6 is 0 Å². The first-order chi connectivity index (χ1) is 6.40. The fourth-order valence-corrected chi connectivity index (χ4v) is 1.16. The summed E-state index contributed by atoms with van der Waals surface area (Å²) in [5.74, 6) is 0. The van der Waals surface area contributed by atoms with E-state index in [1.165, 1.54) is 5.56 Å². The van der Waals surface area contributed by atoms with Crippen molar-refractivity contribution in [2.24, 2.45) is 0 Å². The summed E-state index contributed by atoms with van der Waals surface area (Å²) in [4.78, 5) is 4.21. The summed E-state index contributed by atoms with van der Waals surface area (Å²) in [6, 6.07) is 4.03. The first-order valence-corrected chi connectivity index (χ1v) is 4.22. The molecule has 66 valence electrons. The van der Waals surface area contributed by atoms with E-state index in [1.54, 1.807) is 12.4 Å². The van der Waals surface area contributed by atoms with Gasteiger partial charge in [0.15, 0.2) is 0 Å². The van der Waals surface area contributed by atoms with Crippen LogP contribution in [0.2, 0.25) is 0 Å². The number of hydrogen-bond acceptors (Lipinski definition) is 3. The molecule has 0 unspecified atom stereocenters. The molecule has 4 heteroatoms. The summed E-state index contributed by atoms with van der Waals surface area (Å²) in [5.41, 5.74) is 2.91. The van der Waals surface area contributed by atoms with E-state index >= 15 is 0 Å². The van der Waals surface area contributed by atoms with Crippen LogP contribution in [-0.2, 0) is 6.42 Å². The highest BCUT2D eigenvalue weighted by Crippen LogP contribution is 2.13. The van der Waals surface area contributed by atoms with Crippen molar-refractivity contribution in [3.05, 3.63) is 30.1 Å². The summed E-state index contributed by atoms with van der Waals surface area (Å²) < 4.78 is 0. The molecule has 4 nitrogen and oxygen atoms in total. The van der Waals surface area contributed by atoms with Crippen molar-refractivity contribution in [1.82, 2.24) is 20.4 Å². The molecule has 0 aliphatic carbocycles. The van der Waals surface area contributed by atoms with Gasteiger partial charge in [0.2, 0.25) is 0 Å². The van der Waals surface area contributed by atoms with Crippen LogP contribution in [0, 0.1) is 0 Å². The van der Waals surface area contributed by atoms with E-state index in [4.69, 9.17) is 0 Å². The number of nitrogens with zero attached hydrogens (tertiary/aromatic N) is 3. The van der Waals surface area contributed by atoms with Gasteiger partial charge in [0.05, 0.1) is 11.9 Å². The Hall–Kier alpha value is -1.71. The SMILES string of the molecule is CCc1ccnc(-c2c[nH]nn2)c1. The van der Waals surface area contributed by atoms with E-state index in [0.29, 0.717) is 0 Å². The van der Waals surface area contributed by atoms with Crippen molar-refractivity contribution in [3.8, 4) is 11.4 Å². The van der Waals surface area contributed by atoms with Crippen molar-refractivity contribution in [2.45, 2.75) is 13.3 Å². The quantitative estimate of drug-likeness (QED) is 0.749. The minimum atomic E-state index is 0.787. The number of aromatic nitrogens is 4. The van der Waals surface area contributed by atoms with Gasteiger partial charge in [0.1, 0.15) is 5.69 Å². The van der Waals surface area contributed by atoms with E-state index in [1.807, 2.05) is 12.1 Å². The molecule has 2 aromatic heterocycles. The van der Waals surface area contributed by atoms with E-state index < -0.39 is 0 Å². The monoisotopic (exact) mass is 174 g/mol. The van der Waals surface area contributed by atoms with Crippen molar-refractivity contribution >= 4 is 0 Å². The van der Waals surface area contributed by atoms with Gasteiger partial charge in [0, 0.05) is 6.20 Å². The number of rotatable bonds is 2. The Morgan fingerprint density at radius 2 is 2.31 bits per heavy atom. The Kier molecular flexibility index (Phi) is 2.04. The van der Waals surface area contributed by atoms with Gasteiger partial charge in [-0.2, -0.15) is 0 Å². The fourth-order valence-electron chi connectivity index (χ4n) is 1.16. The van der Waals surface area contributed by atoms with Crippen molar-refractivity contribution in [1.29, 1.82) is 0 Å². The molecule has 0 fully saturated rings. The minimum absolute atomic E-state index is 0.787. The lowest BCUT2D eigenvalue weighted by molar-refractivity contribution is 0.940. The second-order valence-electron chi connectivity index (χ2n) is 2.76. The molecule has 2 rings (SSSR count). The van der Waals surface area contributed by atoms with Gasteiger partial charge in [-0.1, -0.05) is 12.1 Å². The molecule has 0 atom stereocenters. The maximum atomic E-state index is 4.21. The Morgan fingerprint density at radius 3 is 3.00 bits per heavy atom. The summed E-state index contributed by atoms with van der Waals surface area (Å²) in [7, 11) is 0. The molecule has 0 bridgehead atoms. The number of aryl methyl sites for hydroxylation is 1. The molecular formula is C9H10N4. The predicted molar refractivity (Wildman–Crippen MR) is 49.0 cm³/mol. The third kappa shape index (κ3) is 1.56. The van der Waals surface area contributed by atoms with E-state index in [2.05, 4.69) is 27.3 Å². The van der Waals surface area contributed by atoms with Crippen molar-refractivity contribution < 1.29 is 0 Å². The normalized spacial score (nSPS) is 10.2. The van der Waals surface area contributed by atoms with Crippen LogP contribution in [0.5, 0.6) is 0 Å². The minimum Gasteiger partial charge on any atom is -0.265 e. The fraction of sp³-hybridized carbons (Fsp3) is 0.222. The van der Waals surface area contributed by atoms with E-state index in [-0.39, 0.29) is 0 Å². The second kappa shape index (κ2) is 3.35. The van der Waals surface area contributed by atoms with Gasteiger partial charge in [-0.25, -0.2) is 0 Å². The first-order valence-electron chi connectivity index (χ1n) is 4.22. The molecule has 0 aliphatic rings. The van der Waals surface area contributed by atoms with Gasteiger partial charge >= 0.3 is 0 Å². The molecule has 0 spiro atoms. The standard InChI is InChI=1S/C9H10N4/c1-2-7-3-4-10-8(5-7)9-6-11-13-12-9/h3-6H,2H2,1H3,(H,11,12,13). The molecule has 0 saturated carbocycles. The number of hydrogen-bond donors (Lipinski definition) is 1. The molecular weight excluding hydrogens is 164 g/mol. The highest BCUT2D eigenvalue weighted by atomic mass is 15.3. The van der Waals surface area contributed by atoms with E-state index in [9.17, 15) is 0 Å². The smallest absolute Gasteiger partial charge is 0.131 e. The van der Waals surface area contributed by atoms with Crippen LogP contribution in [0.25, 0.3) is 11.4 Å². The summed E-state index contributed by atoms with van der Waals surface area (Å²) in [6.45, 7) is 2.11. The van der Waals surface area contributed by atoms with Gasteiger partial charge in [-0.15, -0.1) is 5.10 Å². The van der Waals surface area contributed by atoms with Gasteiger partial charge in [-0.05, 0) is 24.1 Å². The largest absolute Gasteiger partial charge is 0.265 e. The third-order valence-electron chi connectivity index (χ3n) is 1.91. The number of pyridine rings is 1. The Balaban J connectivity index is 2.41. The van der Waals surface area contributed by atoms with Crippen molar-refractivity contribution in [3.63, 3.8) is 0 Å². The molecule has 0 amide bonds. The number of H-pyrrole nitrogens is 1. The Labute approximate surface area is 76.0 Å². The summed E-state index contributed by atoms with van der Waals surface area (Å²) in [5, 5.41) is 10.2. The molecule has 0 radical (unpaired) electrons. The van der Waals surface area contributed by atoms with Crippen molar-refractivity contribution in [2.75, 3.05) is 0 Å². The van der Waals surface area contributed by atoms with Crippen LogP contribution < -0.4 is 0 Å². The van der Waals surface area contributed by atoms with Gasteiger partial charge in [0.25, 0.3) is 0 Å². The first kappa shape index (κ1) is 7.91. The maximum absolute atomic E-state index is 4.21. The third-order valence-corrected chi connectivity index (χ3v) is 1.91. The lowest BCUT2D eigenvalue weighted by Crippen LogP contribution is -1.86. The lowest BCUT2D eigenvalue weighted by Gasteiger charge is -1.97. The molecule has 0 aromatic carbocycles. The van der Waals surface area contributed by atoms with Crippen LogP contribution in [-0.4, -0.2) is 20.4 Å².